The van der Waals surface area contributed by atoms with Crippen molar-refractivity contribution in [3.63, 3.8) is 0 Å². The highest BCUT2D eigenvalue weighted by Gasteiger charge is 2.12. The van der Waals surface area contributed by atoms with Crippen molar-refractivity contribution in [1.82, 2.24) is 0 Å². The first kappa shape index (κ1) is 12.8. The Labute approximate surface area is 118 Å². The lowest BCUT2D eigenvalue weighted by molar-refractivity contribution is 0.104. The molecule has 0 saturated carbocycles. The highest BCUT2D eigenvalue weighted by molar-refractivity contribution is 9.10. The van der Waals surface area contributed by atoms with Gasteiger partial charge < -0.3 is 0 Å². The Kier molecular flexibility index (Phi) is 4.02. The summed E-state index contributed by atoms with van der Waals surface area (Å²) in [6.07, 6.45) is 0.956. The highest BCUT2D eigenvalue weighted by Crippen LogP contribution is 2.24. The van der Waals surface area contributed by atoms with E-state index < -0.39 is 0 Å². The summed E-state index contributed by atoms with van der Waals surface area (Å²) in [5, 5.41) is 0.565. The van der Waals surface area contributed by atoms with E-state index in [4.69, 9.17) is 11.6 Å². The zero-order valence-corrected chi connectivity index (χ0v) is 12.3. The second kappa shape index (κ2) is 5.34. The minimum absolute atomic E-state index is 0.0258. The normalized spacial score (nSPS) is 10.5. The van der Waals surface area contributed by atoms with Gasteiger partial charge in [-0.2, -0.15) is 0 Å². The van der Waals surface area contributed by atoms with Gasteiger partial charge in [0.25, 0.3) is 0 Å². The molecule has 0 bridgehead atoms. The zero-order chi connectivity index (χ0) is 12.4. The van der Waals surface area contributed by atoms with Gasteiger partial charge in [-0.05, 0) is 36.8 Å². The fourth-order valence-corrected chi connectivity index (χ4v) is 3.29. The van der Waals surface area contributed by atoms with Crippen molar-refractivity contribution < 1.29 is 4.79 Å². The molecule has 17 heavy (non-hydrogen) atoms. The SMILES string of the molecule is CCc1ccc(C(=O)c2cc(Cl)cc(Br)c2)s1. The van der Waals surface area contributed by atoms with Crippen LogP contribution in [0, 0.1) is 0 Å². The van der Waals surface area contributed by atoms with Gasteiger partial charge in [0.1, 0.15) is 0 Å². The number of benzene rings is 1. The molecule has 88 valence electrons. The molecule has 0 amide bonds. The van der Waals surface area contributed by atoms with Crippen LogP contribution in [0.5, 0.6) is 0 Å². The number of halogens is 2. The van der Waals surface area contributed by atoms with Gasteiger partial charge in [-0.1, -0.05) is 34.5 Å². The molecule has 0 spiro atoms. The summed E-state index contributed by atoms with van der Waals surface area (Å²) in [7, 11) is 0. The smallest absolute Gasteiger partial charge is 0.203 e. The van der Waals surface area contributed by atoms with E-state index in [1.807, 2.05) is 12.1 Å². The quantitative estimate of drug-likeness (QED) is 0.728. The van der Waals surface area contributed by atoms with Gasteiger partial charge in [0.2, 0.25) is 5.78 Å². The molecule has 0 aliphatic carbocycles. The van der Waals surface area contributed by atoms with Gasteiger partial charge in [-0.15, -0.1) is 11.3 Å². The Morgan fingerprint density at radius 2 is 2.12 bits per heavy atom. The molecule has 0 aliphatic rings. The van der Waals surface area contributed by atoms with E-state index in [1.165, 1.54) is 16.2 Å². The molecular weight excluding hydrogens is 320 g/mol. The van der Waals surface area contributed by atoms with Crippen LogP contribution in [0.3, 0.4) is 0 Å². The molecule has 1 aromatic heterocycles. The zero-order valence-electron chi connectivity index (χ0n) is 9.17. The standard InChI is InChI=1S/C13H10BrClOS/c1-2-11-3-4-12(17-11)13(16)8-5-9(14)7-10(15)6-8/h3-7H,2H2,1H3. The fraction of sp³-hybridized carbons (Fsp3) is 0.154. The molecule has 0 radical (unpaired) electrons. The predicted molar refractivity (Wildman–Crippen MR) is 76.3 cm³/mol. The molecule has 1 nitrogen and oxygen atoms in total. The molecule has 0 saturated heterocycles. The van der Waals surface area contributed by atoms with E-state index in [0.717, 1.165) is 15.8 Å². The van der Waals surface area contributed by atoms with Crippen LogP contribution in [0.4, 0.5) is 0 Å². The lowest BCUT2D eigenvalue weighted by Crippen LogP contribution is -1.98. The first-order valence-electron chi connectivity index (χ1n) is 5.19. The maximum Gasteiger partial charge on any atom is 0.203 e. The lowest BCUT2D eigenvalue weighted by atomic mass is 10.1. The Balaban J connectivity index is 2.36. The molecule has 4 heteroatoms. The fourth-order valence-electron chi connectivity index (χ4n) is 1.52. The summed E-state index contributed by atoms with van der Waals surface area (Å²) in [5.74, 6) is 0.0258. The number of aryl methyl sites for hydroxylation is 1. The Hall–Kier alpha value is -0.640. The summed E-state index contributed by atoms with van der Waals surface area (Å²) in [4.78, 5) is 14.2. The monoisotopic (exact) mass is 328 g/mol. The van der Waals surface area contributed by atoms with Gasteiger partial charge >= 0.3 is 0 Å². The van der Waals surface area contributed by atoms with Crippen molar-refractivity contribution in [3.8, 4) is 0 Å². The summed E-state index contributed by atoms with van der Waals surface area (Å²) >= 11 is 10.8. The predicted octanol–water partition coefficient (Wildman–Crippen LogP) is 4.96. The minimum atomic E-state index is 0.0258. The number of thiophene rings is 1. The molecule has 2 aromatic rings. The summed E-state index contributed by atoms with van der Waals surface area (Å²) < 4.78 is 0.820. The van der Waals surface area contributed by atoms with Gasteiger partial charge in [0.05, 0.1) is 4.88 Å². The van der Waals surface area contributed by atoms with Gasteiger partial charge in [-0.25, -0.2) is 0 Å². The van der Waals surface area contributed by atoms with E-state index >= 15 is 0 Å². The van der Waals surface area contributed by atoms with Crippen LogP contribution in [-0.2, 0) is 6.42 Å². The van der Waals surface area contributed by atoms with Crippen LogP contribution in [0.25, 0.3) is 0 Å². The summed E-state index contributed by atoms with van der Waals surface area (Å²) in [6.45, 7) is 2.08. The van der Waals surface area contributed by atoms with Gasteiger partial charge in [0.15, 0.2) is 0 Å². The maximum atomic E-state index is 12.2. The first-order valence-corrected chi connectivity index (χ1v) is 7.18. The molecule has 0 unspecified atom stereocenters. The maximum absolute atomic E-state index is 12.2. The molecule has 2 rings (SSSR count). The van der Waals surface area contributed by atoms with Crippen LogP contribution in [-0.4, -0.2) is 5.78 Å². The molecule has 0 atom stereocenters. The topological polar surface area (TPSA) is 17.1 Å². The van der Waals surface area contributed by atoms with E-state index in [-0.39, 0.29) is 5.78 Å². The van der Waals surface area contributed by atoms with E-state index in [9.17, 15) is 4.79 Å². The van der Waals surface area contributed by atoms with E-state index in [2.05, 4.69) is 22.9 Å². The number of hydrogen-bond acceptors (Lipinski definition) is 2. The Morgan fingerprint density at radius 3 is 2.71 bits per heavy atom. The van der Waals surface area contributed by atoms with Crippen LogP contribution >= 0.6 is 38.9 Å². The third-order valence-electron chi connectivity index (χ3n) is 2.36. The molecule has 0 fully saturated rings. The molecule has 0 N–H and O–H groups in total. The number of carbonyl (C=O) groups is 1. The molecular formula is C13H10BrClOS. The average Bonchev–Trinajstić information content (AvgIpc) is 2.75. The van der Waals surface area contributed by atoms with Crippen molar-refractivity contribution in [3.05, 3.63) is 55.1 Å². The number of rotatable bonds is 3. The van der Waals surface area contributed by atoms with Gasteiger partial charge in [0, 0.05) is 19.9 Å². The summed E-state index contributed by atoms with van der Waals surface area (Å²) in [6, 6.07) is 9.13. The number of ketones is 1. The first-order chi connectivity index (χ1) is 8.10. The van der Waals surface area contributed by atoms with Crippen LogP contribution in [0.15, 0.2) is 34.8 Å². The number of carbonyl (C=O) groups excluding carboxylic acids is 1. The van der Waals surface area contributed by atoms with Crippen molar-refractivity contribution in [1.29, 1.82) is 0 Å². The van der Waals surface area contributed by atoms with Crippen LogP contribution in [0.1, 0.15) is 27.0 Å². The van der Waals surface area contributed by atoms with Crippen molar-refractivity contribution in [2.75, 3.05) is 0 Å². The average molecular weight is 330 g/mol. The Morgan fingerprint density at radius 1 is 1.35 bits per heavy atom. The van der Waals surface area contributed by atoms with E-state index in [0.29, 0.717) is 10.6 Å². The summed E-state index contributed by atoms with van der Waals surface area (Å²) in [5.41, 5.74) is 0.619. The second-order valence-corrected chi connectivity index (χ2v) is 6.13. The third-order valence-corrected chi connectivity index (χ3v) is 4.26. The Bertz CT molecular complexity index is 542. The minimum Gasteiger partial charge on any atom is -0.288 e. The van der Waals surface area contributed by atoms with Crippen molar-refractivity contribution >= 4 is 44.7 Å². The third kappa shape index (κ3) is 2.97. The largest absolute Gasteiger partial charge is 0.288 e. The highest BCUT2D eigenvalue weighted by atomic mass is 79.9. The van der Waals surface area contributed by atoms with Crippen LogP contribution in [0.2, 0.25) is 5.02 Å². The second-order valence-electron chi connectivity index (χ2n) is 3.61. The van der Waals surface area contributed by atoms with Crippen LogP contribution < -0.4 is 0 Å². The number of hydrogen-bond donors (Lipinski definition) is 0. The molecule has 1 heterocycles. The lowest BCUT2D eigenvalue weighted by Gasteiger charge is -2.00. The van der Waals surface area contributed by atoms with Crippen molar-refractivity contribution in [2.24, 2.45) is 0 Å². The van der Waals surface area contributed by atoms with Crippen molar-refractivity contribution in [2.45, 2.75) is 13.3 Å². The molecule has 0 aliphatic heterocycles. The molecule has 1 aromatic carbocycles. The van der Waals surface area contributed by atoms with Gasteiger partial charge in [-0.3, -0.25) is 4.79 Å². The van der Waals surface area contributed by atoms with E-state index in [1.54, 1.807) is 18.2 Å².